The van der Waals surface area contributed by atoms with Gasteiger partial charge in [-0.1, -0.05) is 26.0 Å². The summed E-state index contributed by atoms with van der Waals surface area (Å²) in [5.41, 5.74) is -1.42. The van der Waals surface area contributed by atoms with Crippen molar-refractivity contribution in [3.63, 3.8) is 0 Å². The molecule has 0 saturated heterocycles. The summed E-state index contributed by atoms with van der Waals surface area (Å²) in [6.07, 6.45) is 1.82. The van der Waals surface area contributed by atoms with Gasteiger partial charge in [0.1, 0.15) is 28.5 Å². The van der Waals surface area contributed by atoms with Crippen LogP contribution < -0.4 is 14.4 Å². The van der Waals surface area contributed by atoms with Crippen molar-refractivity contribution in [2.45, 2.75) is 101 Å². The predicted octanol–water partition coefficient (Wildman–Crippen LogP) is 9.05. The quantitative estimate of drug-likeness (QED) is 0.211. The molecule has 2 bridgehead atoms. The molecule has 2 unspecified atom stereocenters. The van der Waals surface area contributed by atoms with E-state index in [4.69, 9.17) is 13.1 Å². The van der Waals surface area contributed by atoms with Crippen molar-refractivity contribution in [2.24, 2.45) is 16.7 Å². The molecule has 0 amide bonds. The van der Waals surface area contributed by atoms with Crippen LogP contribution in [0.3, 0.4) is 0 Å². The summed E-state index contributed by atoms with van der Waals surface area (Å²) in [5.74, 6) is 1.05. The van der Waals surface area contributed by atoms with Gasteiger partial charge in [0.15, 0.2) is 0 Å². The molecule has 7 nitrogen and oxygen atoms in total. The zero-order valence-corrected chi connectivity index (χ0v) is 31.2. The van der Waals surface area contributed by atoms with Crippen LogP contribution in [0.25, 0.3) is 0 Å². The second-order valence-corrected chi connectivity index (χ2v) is 20.2. The highest BCUT2D eigenvalue weighted by atomic mass is 32.3. The third-order valence-electron chi connectivity index (χ3n) is 9.58. The van der Waals surface area contributed by atoms with Gasteiger partial charge in [0.25, 0.3) is 10.1 Å². The van der Waals surface area contributed by atoms with Gasteiger partial charge in [0.2, 0.25) is 0 Å². The van der Waals surface area contributed by atoms with E-state index in [1.165, 1.54) is 0 Å². The summed E-state index contributed by atoms with van der Waals surface area (Å²) in [5, 5.41) is 0. The normalized spacial score (nSPS) is 21.5. The van der Waals surface area contributed by atoms with Crippen molar-refractivity contribution in [2.75, 3.05) is 24.7 Å². The molecule has 2 saturated carbocycles. The van der Waals surface area contributed by atoms with E-state index in [0.717, 1.165) is 12.1 Å². The fourth-order valence-electron chi connectivity index (χ4n) is 7.19. The van der Waals surface area contributed by atoms with Gasteiger partial charge in [-0.15, -0.1) is 0 Å². The average Bonchev–Trinajstić information content (AvgIpc) is 3.29. The van der Waals surface area contributed by atoms with Crippen molar-refractivity contribution in [3.8, 4) is 11.5 Å². The third kappa shape index (κ3) is 6.94. The lowest BCUT2D eigenvalue weighted by Gasteiger charge is -2.42. The molecule has 0 spiro atoms. The topological polar surface area (TPSA) is 82.1 Å². The Labute approximate surface area is 283 Å². The van der Waals surface area contributed by atoms with Gasteiger partial charge in [0.05, 0.1) is 11.2 Å². The molecule has 2 aliphatic rings. The standard InChI is InChI=1S/C38H51NO6S2/c1-35(2,3)43-29-13-11-15-32(24-29)47(31-19-17-28(18-20-31)39(9)10,33-16-12-14-30(25-33)44-36(4,5)6)45-46(41,42)26-38-22-21-27(23-34(38)40)37(38,7)8/h11-20,24-25,27H,21-23,26H2,1-10H3. The van der Waals surface area contributed by atoms with E-state index in [9.17, 15) is 13.2 Å². The zero-order chi connectivity index (χ0) is 34.6. The smallest absolute Gasteiger partial charge is 0.278 e. The summed E-state index contributed by atoms with van der Waals surface area (Å²) in [7, 11) is -3.37. The van der Waals surface area contributed by atoms with Crippen LogP contribution in [-0.2, 0) is 18.5 Å². The molecule has 0 radical (unpaired) electrons. The van der Waals surface area contributed by atoms with Gasteiger partial charge in [-0.05, 0) is 137 Å². The number of carbonyl (C=O) groups excluding carboxylic acids is 1. The summed E-state index contributed by atoms with van der Waals surface area (Å²) in [6.45, 7) is 15.9. The molecule has 5 rings (SSSR count). The number of hydrogen-bond donors (Lipinski definition) is 0. The van der Waals surface area contributed by atoms with E-state index in [2.05, 4.69) is 0 Å². The number of ketones is 1. The summed E-state index contributed by atoms with van der Waals surface area (Å²) in [6, 6.07) is 22.9. The highest BCUT2D eigenvalue weighted by molar-refractivity contribution is 8.33. The maximum Gasteiger partial charge on any atom is 0.278 e. The summed E-state index contributed by atoms with van der Waals surface area (Å²) >= 11 is 0. The molecule has 256 valence electrons. The minimum atomic E-state index is -4.31. The van der Waals surface area contributed by atoms with Crippen LogP contribution in [0.4, 0.5) is 5.69 Å². The number of ether oxygens (including phenoxy) is 2. The minimum absolute atomic E-state index is 0.0306. The van der Waals surface area contributed by atoms with E-state index < -0.39 is 42.5 Å². The molecule has 0 aliphatic heterocycles. The number of benzene rings is 3. The first kappa shape index (κ1) is 35.3. The molecule has 0 aromatic heterocycles. The Kier molecular flexibility index (Phi) is 9.12. The first-order valence-electron chi connectivity index (χ1n) is 16.3. The number of rotatable bonds is 10. The molecule has 9 heteroatoms. The van der Waals surface area contributed by atoms with Crippen molar-refractivity contribution >= 4 is 31.9 Å². The second-order valence-electron chi connectivity index (χ2n) is 15.8. The molecule has 3 aromatic carbocycles. The number of hydrogen-bond acceptors (Lipinski definition) is 7. The van der Waals surface area contributed by atoms with Crippen molar-refractivity contribution in [1.82, 2.24) is 0 Å². The highest BCUT2D eigenvalue weighted by Gasteiger charge is 2.65. The Balaban J connectivity index is 1.77. The number of fused-ring (bicyclic) bond motifs is 2. The Bertz CT molecular complexity index is 1680. The van der Waals surface area contributed by atoms with Crippen LogP contribution in [0.15, 0.2) is 87.5 Å². The molecule has 0 heterocycles. The van der Waals surface area contributed by atoms with E-state index in [1.807, 2.05) is 147 Å². The van der Waals surface area contributed by atoms with Gasteiger partial charge in [-0.3, -0.25) is 4.79 Å². The number of anilines is 1. The SMILES string of the molecule is CN(C)c1ccc(S(OS(=O)(=O)CC23CCC(CC2=O)C3(C)C)(c2cccc(OC(C)(C)C)c2)c2cccc(OC(C)(C)C)c2)cc1. The lowest BCUT2D eigenvalue weighted by molar-refractivity contribution is -0.128. The number of carbonyl (C=O) groups is 1. The Morgan fingerprint density at radius 2 is 1.30 bits per heavy atom. The number of nitrogens with zero attached hydrogens (tertiary/aromatic N) is 1. The van der Waals surface area contributed by atoms with E-state index >= 15 is 0 Å². The van der Waals surface area contributed by atoms with Gasteiger partial charge in [-0.2, -0.15) is 8.42 Å². The first-order chi connectivity index (χ1) is 21.7. The average molecular weight is 682 g/mol. The molecule has 0 N–H and O–H groups in total. The zero-order valence-electron chi connectivity index (χ0n) is 29.5. The fourth-order valence-corrected chi connectivity index (χ4v) is 13.3. The first-order valence-corrected chi connectivity index (χ1v) is 19.5. The largest absolute Gasteiger partial charge is 0.488 e. The Morgan fingerprint density at radius 1 is 0.787 bits per heavy atom. The summed E-state index contributed by atoms with van der Waals surface area (Å²) < 4.78 is 48.8. The van der Waals surface area contributed by atoms with E-state index in [-0.39, 0.29) is 17.5 Å². The van der Waals surface area contributed by atoms with Crippen LogP contribution >= 0.6 is 10.3 Å². The molecule has 2 atom stereocenters. The van der Waals surface area contributed by atoms with Gasteiger partial charge >= 0.3 is 0 Å². The van der Waals surface area contributed by atoms with Crippen molar-refractivity contribution in [1.29, 1.82) is 0 Å². The molecule has 2 aliphatic carbocycles. The van der Waals surface area contributed by atoms with Gasteiger partial charge in [-0.25, -0.2) is 3.63 Å². The van der Waals surface area contributed by atoms with Crippen LogP contribution in [0.5, 0.6) is 11.5 Å². The Hall–Kier alpha value is -3.01. The van der Waals surface area contributed by atoms with Crippen LogP contribution in [-0.4, -0.2) is 45.3 Å². The van der Waals surface area contributed by atoms with Crippen molar-refractivity contribution < 1.29 is 26.3 Å². The minimum Gasteiger partial charge on any atom is -0.488 e. The summed E-state index contributed by atoms with van der Waals surface area (Å²) in [4.78, 5) is 17.5. The van der Waals surface area contributed by atoms with Crippen LogP contribution in [0, 0.1) is 16.7 Å². The molecule has 3 aromatic rings. The maximum absolute atomic E-state index is 14.7. The second kappa shape index (κ2) is 12.1. The van der Waals surface area contributed by atoms with E-state index in [0.29, 0.717) is 39.0 Å². The monoisotopic (exact) mass is 681 g/mol. The molecule has 47 heavy (non-hydrogen) atoms. The molecular formula is C38H51NO6S2. The predicted molar refractivity (Wildman–Crippen MR) is 190 cm³/mol. The van der Waals surface area contributed by atoms with Crippen molar-refractivity contribution in [3.05, 3.63) is 72.8 Å². The maximum atomic E-state index is 14.7. The lowest BCUT2D eigenvalue weighted by atomic mass is 9.70. The fraction of sp³-hybridized carbons (Fsp3) is 0.500. The lowest BCUT2D eigenvalue weighted by Crippen LogP contribution is -2.42. The van der Waals surface area contributed by atoms with E-state index in [1.54, 1.807) is 0 Å². The van der Waals surface area contributed by atoms with Crippen LogP contribution in [0.2, 0.25) is 0 Å². The molecular weight excluding hydrogens is 631 g/mol. The third-order valence-corrected chi connectivity index (χ3v) is 14.8. The van der Waals surface area contributed by atoms with Gasteiger partial charge in [0, 0.05) is 40.9 Å². The molecule has 2 fully saturated rings. The van der Waals surface area contributed by atoms with Crippen LogP contribution in [0.1, 0.15) is 74.7 Å². The Morgan fingerprint density at radius 3 is 1.70 bits per heavy atom. The van der Waals surface area contributed by atoms with Gasteiger partial charge < -0.3 is 14.4 Å². The highest BCUT2D eigenvalue weighted by Crippen LogP contribution is 2.72. The number of Topliss-reactive ketones (excluding diaryl/α,β-unsaturated/α-hetero) is 1.